The van der Waals surface area contributed by atoms with E-state index in [2.05, 4.69) is 20.6 Å². The second-order valence-corrected chi connectivity index (χ2v) is 10.9. The van der Waals surface area contributed by atoms with E-state index in [1.165, 1.54) is 6.20 Å². The van der Waals surface area contributed by atoms with Crippen LogP contribution < -0.4 is 5.32 Å². The van der Waals surface area contributed by atoms with Crippen molar-refractivity contribution in [2.24, 2.45) is 0 Å². The molecule has 15 heteroatoms. The van der Waals surface area contributed by atoms with Gasteiger partial charge in [-0.1, -0.05) is 16.8 Å². The average molecular weight is 620 g/mol. The van der Waals surface area contributed by atoms with Crippen molar-refractivity contribution in [3.8, 4) is 11.3 Å². The lowest BCUT2D eigenvalue weighted by Crippen LogP contribution is -2.69. The van der Waals surface area contributed by atoms with E-state index in [-0.39, 0.29) is 29.8 Å². The van der Waals surface area contributed by atoms with Gasteiger partial charge in [0.15, 0.2) is 17.5 Å². The van der Waals surface area contributed by atoms with Crippen LogP contribution in [0.2, 0.25) is 5.02 Å². The predicted molar refractivity (Wildman–Crippen MR) is 144 cm³/mol. The fourth-order valence-electron chi connectivity index (χ4n) is 5.70. The van der Waals surface area contributed by atoms with Crippen LogP contribution in [0.4, 0.5) is 13.2 Å². The van der Waals surface area contributed by atoms with E-state index in [9.17, 15) is 33.3 Å². The molecule has 2 aliphatic heterocycles. The van der Waals surface area contributed by atoms with Crippen LogP contribution in [0.3, 0.4) is 0 Å². The Morgan fingerprint density at radius 2 is 1.93 bits per heavy atom. The van der Waals surface area contributed by atoms with Crippen LogP contribution in [-0.4, -0.2) is 84.6 Å². The molecule has 2 saturated heterocycles. The maximum absolute atomic E-state index is 13.9. The van der Waals surface area contributed by atoms with Gasteiger partial charge >= 0.3 is 0 Å². The number of carbonyl (C=O) groups is 1. The first-order chi connectivity index (χ1) is 20.5. The summed E-state index contributed by atoms with van der Waals surface area (Å²) in [7, 11) is 0. The number of aryl methyl sites for hydroxylation is 1. The number of rotatable bonds is 5. The Labute approximate surface area is 246 Å². The van der Waals surface area contributed by atoms with Gasteiger partial charge < -0.3 is 30.1 Å². The second-order valence-electron chi connectivity index (χ2n) is 10.5. The number of carbonyl (C=O) groups excluding carboxylic acids is 1. The summed E-state index contributed by atoms with van der Waals surface area (Å²) in [6, 6.07) is 5.68. The van der Waals surface area contributed by atoms with Crippen molar-refractivity contribution in [1.82, 2.24) is 25.3 Å². The van der Waals surface area contributed by atoms with Crippen molar-refractivity contribution < 1.29 is 42.8 Å². The Kier molecular flexibility index (Phi) is 7.61. The van der Waals surface area contributed by atoms with Crippen LogP contribution in [0.5, 0.6) is 0 Å². The van der Waals surface area contributed by atoms with Gasteiger partial charge in [-0.15, -0.1) is 5.10 Å². The molecule has 0 bridgehead atoms. The van der Waals surface area contributed by atoms with Crippen molar-refractivity contribution in [3.05, 3.63) is 76.3 Å². The molecular weight excluding hydrogens is 595 g/mol. The summed E-state index contributed by atoms with van der Waals surface area (Å²) in [5.41, 5.74) is 1.17. The van der Waals surface area contributed by atoms with Crippen LogP contribution in [0.25, 0.3) is 22.2 Å². The van der Waals surface area contributed by atoms with Gasteiger partial charge in [0.1, 0.15) is 30.0 Å². The lowest BCUT2D eigenvalue weighted by Gasteiger charge is -2.49. The monoisotopic (exact) mass is 619 g/mol. The van der Waals surface area contributed by atoms with Crippen LogP contribution in [0.1, 0.15) is 28.5 Å². The highest BCUT2D eigenvalue weighted by Gasteiger charge is 2.62. The number of nitrogens with zero attached hydrogens (tertiary/aromatic N) is 4. The first kappa shape index (κ1) is 29.4. The summed E-state index contributed by atoms with van der Waals surface area (Å²) in [5, 5.41) is 44.3. The fraction of sp³-hybridized carbons (Fsp3) is 0.357. The largest absolute Gasteiger partial charge is 0.394 e. The van der Waals surface area contributed by atoms with Crippen molar-refractivity contribution in [2.45, 2.75) is 49.5 Å². The number of ether oxygens (including phenoxy) is 2. The molecule has 6 atom stereocenters. The lowest BCUT2D eigenvalue weighted by molar-refractivity contribution is -0.344. The Morgan fingerprint density at radius 3 is 2.65 bits per heavy atom. The van der Waals surface area contributed by atoms with Gasteiger partial charge in [0, 0.05) is 21.7 Å². The third-order valence-electron chi connectivity index (χ3n) is 7.75. The minimum Gasteiger partial charge on any atom is -0.394 e. The second kappa shape index (κ2) is 11.1. The van der Waals surface area contributed by atoms with Crippen LogP contribution in [0.15, 0.2) is 42.6 Å². The van der Waals surface area contributed by atoms with Crippen LogP contribution >= 0.6 is 11.6 Å². The van der Waals surface area contributed by atoms with Crippen molar-refractivity contribution >= 4 is 28.4 Å². The SMILES string of the molecule is Cc1cc(C(=O)N[C@@H]2CCO[C@]23O[C@H](CO)[C@H](O)[C@H](n2cc(-c4cc(F)c(F)c(F)c4)nn2)[C@H]3O)c2cc(Cl)ccc2n1. The van der Waals surface area contributed by atoms with Crippen molar-refractivity contribution in [3.63, 3.8) is 0 Å². The number of hydrogen-bond acceptors (Lipinski definition) is 9. The molecule has 4 aromatic rings. The zero-order chi connectivity index (χ0) is 30.6. The summed E-state index contributed by atoms with van der Waals surface area (Å²) in [4.78, 5) is 18.1. The average Bonchev–Trinajstić information content (AvgIpc) is 3.61. The van der Waals surface area contributed by atoms with Crippen LogP contribution in [0, 0.1) is 24.4 Å². The molecule has 4 N–H and O–H groups in total. The minimum atomic E-state index is -1.94. The standard InChI is InChI=1S/C28H25ClF3N5O6/c1-12-6-16(15-9-14(29)2-3-19(15)33-12)27(41)34-22-4-5-42-28(22)26(40)24(25(39)21(11-38)43-28)37-10-20(35-36-37)13-7-17(30)23(32)18(31)8-13/h2-3,6-10,21-22,24-26,38-40H,4-5,11H2,1H3,(H,34,41)/t21-,22-,24+,25+,26-,28+/m1/s1. The minimum absolute atomic E-state index is 0.0433. The number of aromatic nitrogens is 4. The Hall–Kier alpha value is -3.66. The maximum Gasteiger partial charge on any atom is 0.252 e. The number of halogens is 4. The highest BCUT2D eigenvalue weighted by Crippen LogP contribution is 2.43. The molecule has 0 unspecified atom stereocenters. The molecule has 0 saturated carbocycles. The van der Waals surface area contributed by atoms with E-state index in [0.29, 0.717) is 21.6 Å². The number of amides is 1. The quantitative estimate of drug-likeness (QED) is 0.247. The topological polar surface area (TPSA) is 152 Å². The molecule has 2 fully saturated rings. The van der Waals surface area contributed by atoms with E-state index < -0.39 is 66.1 Å². The number of hydrogen-bond donors (Lipinski definition) is 4. The van der Waals surface area contributed by atoms with Crippen molar-refractivity contribution in [1.29, 1.82) is 0 Å². The van der Waals surface area contributed by atoms with Gasteiger partial charge in [-0.2, -0.15) is 0 Å². The highest BCUT2D eigenvalue weighted by atomic mass is 35.5. The Morgan fingerprint density at radius 1 is 1.19 bits per heavy atom. The molecule has 2 aromatic heterocycles. The number of aliphatic hydroxyl groups is 3. The van der Waals surface area contributed by atoms with Crippen molar-refractivity contribution in [2.75, 3.05) is 13.2 Å². The Bertz CT molecular complexity index is 1700. The molecule has 2 aliphatic rings. The van der Waals surface area contributed by atoms with E-state index in [4.69, 9.17) is 21.1 Å². The highest BCUT2D eigenvalue weighted by molar-refractivity contribution is 6.31. The summed E-state index contributed by atoms with van der Waals surface area (Å²) in [5.74, 6) is -7.00. The van der Waals surface area contributed by atoms with Gasteiger partial charge in [0.2, 0.25) is 5.79 Å². The molecule has 2 aromatic carbocycles. The summed E-state index contributed by atoms with van der Waals surface area (Å²) < 4.78 is 54.1. The molecule has 0 radical (unpaired) electrons. The molecule has 43 heavy (non-hydrogen) atoms. The number of benzene rings is 2. The zero-order valence-corrected chi connectivity index (χ0v) is 23.2. The number of nitrogens with one attached hydrogen (secondary N) is 1. The molecule has 226 valence electrons. The molecule has 0 aliphatic carbocycles. The molecule has 4 heterocycles. The first-order valence-corrected chi connectivity index (χ1v) is 13.6. The van der Waals surface area contributed by atoms with Gasteiger partial charge in [0.25, 0.3) is 5.91 Å². The number of aliphatic hydroxyl groups excluding tert-OH is 3. The van der Waals surface area contributed by atoms with Gasteiger partial charge in [-0.05, 0) is 49.7 Å². The molecular formula is C28H25ClF3N5O6. The normalized spacial score (nSPS) is 27.2. The van der Waals surface area contributed by atoms with Gasteiger partial charge in [0.05, 0.1) is 36.5 Å². The summed E-state index contributed by atoms with van der Waals surface area (Å²) in [6.45, 7) is 1.08. The third-order valence-corrected chi connectivity index (χ3v) is 7.98. The van der Waals surface area contributed by atoms with E-state index in [0.717, 1.165) is 16.8 Å². The van der Waals surface area contributed by atoms with E-state index in [1.807, 2.05) is 0 Å². The van der Waals surface area contributed by atoms with Crippen LogP contribution in [-0.2, 0) is 9.47 Å². The molecule has 1 spiro atoms. The molecule has 11 nitrogen and oxygen atoms in total. The van der Waals surface area contributed by atoms with Gasteiger partial charge in [-0.3, -0.25) is 9.78 Å². The van der Waals surface area contributed by atoms with Gasteiger partial charge in [-0.25, -0.2) is 17.9 Å². The molecule has 1 amide bonds. The molecule has 6 rings (SSSR count). The predicted octanol–water partition coefficient (Wildman–Crippen LogP) is 2.44. The van der Waals surface area contributed by atoms with E-state index in [1.54, 1.807) is 31.2 Å². The first-order valence-electron chi connectivity index (χ1n) is 13.3. The fourth-order valence-corrected chi connectivity index (χ4v) is 5.87. The summed E-state index contributed by atoms with van der Waals surface area (Å²) >= 11 is 6.18. The smallest absolute Gasteiger partial charge is 0.252 e. The third kappa shape index (κ3) is 5.03. The van der Waals surface area contributed by atoms with E-state index >= 15 is 0 Å². The number of fused-ring (bicyclic) bond motifs is 1. The zero-order valence-electron chi connectivity index (χ0n) is 22.4. The maximum atomic E-state index is 13.9. The Balaban J connectivity index is 1.34. The lowest BCUT2D eigenvalue weighted by atomic mass is 9.86. The number of pyridine rings is 1. The summed E-state index contributed by atoms with van der Waals surface area (Å²) in [6.07, 6.45) is -3.17.